The Morgan fingerprint density at radius 2 is 1.50 bits per heavy atom. The summed E-state index contributed by atoms with van der Waals surface area (Å²) in [7, 11) is 2.16. The second-order valence-corrected chi connectivity index (χ2v) is 9.09. The van der Waals surface area contributed by atoms with Crippen LogP contribution < -0.4 is 4.57 Å². The molecule has 6 aromatic rings. The van der Waals surface area contributed by atoms with Gasteiger partial charge in [0.15, 0.2) is 11.0 Å². The summed E-state index contributed by atoms with van der Waals surface area (Å²) in [5.41, 5.74) is 8.23. The topological polar surface area (TPSA) is 21.7 Å². The lowest BCUT2D eigenvalue weighted by Crippen LogP contribution is -2.30. The monoisotopic (exact) mass is 432 g/mol. The molecule has 0 amide bonds. The molecule has 154 valence electrons. The first kappa shape index (κ1) is 19.0. The summed E-state index contributed by atoms with van der Waals surface area (Å²) in [5, 5.41) is 1.06. The number of nitrogens with zero attached hydrogens (tertiary/aromatic N) is 3. The van der Waals surface area contributed by atoms with Gasteiger partial charge in [-0.25, -0.2) is 9.55 Å². The zero-order valence-electron chi connectivity index (χ0n) is 18.0. The third-order valence-corrected chi connectivity index (χ3v) is 7.09. The van der Waals surface area contributed by atoms with E-state index >= 15 is 0 Å². The van der Waals surface area contributed by atoms with E-state index < -0.39 is 0 Å². The van der Waals surface area contributed by atoms with Gasteiger partial charge >= 0.3 is 0 Å². The van der Waals surface area contributed by atoms with Crippen LogP contribution in [0, 0.1) is 6.92 Å². The molecule has 32 heavy (non-hydrogen) atoms. The Morgan fingerprint density at radius 3 is 2.28 bits per heavy atom. The molecule has 0 atom stereocenters. The van der Waals surface area contributed by atoms with Gasteiger partial charge in [0.25, 0.3) is 5.82 Å². The molecular weight excluding hydrogens is 410 g/mol. The van der Waals surface area contributed by atoms with Crippen LogP contribution in [0.25, 0.3) is 48.9 Å². The molecule has 2 heterocycles. The van der Waals surface area contributed by atoms with Crippen LogP contribution in [0.5, 0.6) is 0 Å². The van der Waals surface area contributed by atoms with Crippen LogP contribution in [-0.2, 0) is 7.05 Å². The molecule has 0 spiro atoms. The van der Waals surface area contributed by atoms with Crippen molar-refractivity contribution in [3.05, 3.63) is 103 Å². The lowest BCUT2D eigenvalue weighted by Gasteiger charge is -2.06. The summed E-state index contributed by atoms with van der Waals surface area (Å²) in [6.07, 6.45) is 0. The largest absolute Gasteiger partial charge is 0.295 e. The quantitative estimate of drug-likeness (QED) is 0.285. The van der Waals surface area contributed by atoms with Gasteiger partial charge in [0, 0.05) is 5.56 Å². The Labute approximate surface area is 190 Å². The van der Waals surface area contributed by atoms with E-state index in [1.54, 1.807) is 11.3 Å². The zero-order valence-corrected chi connectivity index (χ0v) is 18.8. The average Bonchev–Trinajstić information content (AvgIpc) is 3.38. The second-order valence-electron chi connectivity index (χ2n) is 8.06. The summed E-state index contributed by atoms with van der Waals surface area (Å²) in [6, 6.07) is 34.1. The number of thiazole rings is 1. The van der Waals surface area contributed by atoms with Gasteiger partial charge in [-0.15, -0.1) is 11.3 Å². The van der Waals surface area contributed by atoms with E-state index in [0.29, 0.717) is 0 Å². The van der Waals surface area contributed by atoms with Crippen LogP contribution in [0.2, 0.25) is 0 Å². The highest BCUT2D eigenvalue weighted by molar-refractivity contribution is 7.21. The highest BCUT2D eigenvalue weighted by Gasteiger charge is 2.27. The van der Waals surface area contributed by atoms with E-state index in [4.69, 9.17) is 4.98 Å². The van der Waals surface area contributed by atoms with Crippen molar-refractivity contribution >= 4 is 32.6 Å². The normalized spacial score (nSPS) is 11.4. The van der Waals surface area contributed by atoms with Crippen molar-refractivity contribution in [1.29, 1.82) is 0 Å². The summed E-state index contributed by atoms with van der Waals surface area (Å²) in [5.74, 6) is 1.17. The molecule has 0 unspecified atom stereocenters. The molecule has 0 aliphatic heterocycles. The van der Waals surface area contributed by atoms with Crippen molar-refractivity contribution < 1.29 is 4.57 Å². The third kappa shape index (κ3) is 2.95. The number of fused-ring (bicyclic) bond motifs is 2. The predicted octanol–water partition coefficient (Wildman–Crippen LogP) is 6.71. The number of rotatable bonds is 3. The van der Waals surface area contributed by atoms with E-state index in [1.165, 1.54) is 32.7 Å². The predicted molar refractivity (Wildman–Crippen MR) is 133 cm³/mol. The molecule has 2 aromatic heterocycles. The van der Waals surface area contributed by atoms with Gasteiger partial charge in [0.05, 0.1) is 22.8 Å². The minimum atomic E-state index is 1.06. The van der Waals surface area contributed by atoms with Crippen LogP contribution in [0.4, 0.5) is 0 Å². The van der Waals surface area contributed by atoms with E-state index in [2.05, 4.69) is 114 Å². The molecule has 6 rings (SSSR count). The SMILES string of the molecule is Cc1cc2nc(-c3ccccc3)sc2cc1-c1n(-c2ccccc2)c2ccccc2[n+]1C. The zero-order chi connectivity index (χ0) is 21.7. The molecule has 4 heteroatoms. The molecule has 0 aliphatic rings. The Bertz CT molecular complexity index is 1580. The van der Waals surface area contributed by atoms with Crippen molar-refractivity contribution in [2.24, 2.45) is 7.05 Å². The van der Waals surface area contributed by atoms with Crippen LogP contribution >= 0.6 is 11.3 Å². The number of benzene rings is 4. The van der Waals surface area contributed by atoms with Crippen molar-refractivity contribution in [2.75, 3.05) is 0 Å². The fraction of sp³-hybridized carbons (Fsp3) is 0.0714. The number of hydrogen-bond acceptors (Lipinski definition) is 2. The maximum Gasteiger partial charge on any atom is 0.295 e. The Balaban J connectivity index is 1.63. The standard InChI is InChI=1S/C28H22N3S/c1-19-17-23-26(32-27(29-23)20-11-5-3-6-12-20)18-22(19)28-30(2)24-15-9-10-16-25(24)31(28)21-13-7-4-8-14-21/h3-18H,1-2H3/q+1. The summed E-state index contributed by atoms with van der Waals surface area (Å²) < 4.78 is 5.87. The molecule has 0 saturated carbocycles. The maximum absolute atomic E-state index is 4.93. The van der Waals surface area contributed by atoms with Gasteiger partial charge in [0.1, 0.15) is 10.7 Å². The first-order valence-corrected chi connectivity index (χ1v) is 11.5. The van der Waals surface area contributed by atoms with E-state index in [0.717, 1.165) is 21.8 Å². The molecule has 3 nitrogen and oxygen atoms in total. The number of aromatic nitrogens is 3. The second kappa shape index (κ2) is 7.43. The fourth-order valence-electron chi connectivity index (χ4n) is 4.48. The summed E-state index contributed by atoms with van der Waals surface area (Å²) in [4.78, 5) is 4.93. The Hall–Kier alpha value is -3.76. The molecule has 0 saturated heterocycles. The fourth-order valence-corrected chi connectivity index (χ4v) is 5.47. The lowest BCUT2D eigenvalue weighted by molar-refractivity contribution is -0.633. The maximum atomic E-state index is 4.93. The molecule has 0 aliphatic carbocycles. The van der Waals surface area contributed by atoms with E-state index in [9.17, 15) is 0 Å². The Kier molecular flexibility index (Phi) is 4.40. The number of aryl methyl sites for hydroxylation is 2. The van der Waals surface area contributed by atoms with Gasteiger partial charge in [0.2, 0.25) is 0 Å². The molecule has 0 radical (unpaired) electrons. The molecule has 4 aromatic carbocycles. The highest BCUT2D eigenvalue weighted by Crippen LogP contribution is 2.36. The van der Waals surface area contributed by atoms with E-state index in [-0.39, 0.29) is 0 Å². The van der Waals surface area contributed by atoms with Gasteiger partial charge in [-0.05, 0) is 48.9 Å². The van der Waals surface area contributed by atoms with Crippen molar-refractivity contribution in [3.63, 3.8) is 0 Å². The Morgan fingerprint density at radius 1 is 0.812 bits per heavy atom. The lowest BCUT2D eigenvalue weighted by atomic mass is 10.1. The van der Waals surface area contributed by atoms with Gasteiger partial charge in [-0.1, -0.05) is 60.7 Å². The third-order valence-electron chi connectivity index (χ3n) is 6.02. The van der Waals surface area contributed by atoms with Crippen molar-refractivity contribution in [2.45, 2.75) is 6.92 Å². The molecule has 0 fully saturated rings. The number of hydrogen-bond donors (Lipinski definition) is 0. The van der Waals surface area contributed by atoms with Crippen molar-refractivity contribution in [1.82, 2.24) is 9.55 Å². The van der Waals surface area contributed by atoms with Crippen LogP contribution in [-0.4, -0.2) is 9.55 Å². The van der Waals surface area contributed by atoms with Crippen LogP contribution in [0.3, 0.4) is 0 Å². The van der Waals surface area contributed by atoms with Crippen molar-refractivity contribution in [3.8, 4) is 27.6 Å². The van der Waals surface area contributed by atoms with E-state index in [1.807, 2.05) is 6.07 Å². The first-order valence-electron chi connectivity index (χ1n) is 10.7. The summed E-state index contributed by atoms with van der Waals surface area (Å²) in [6.45, 7) is 2.18. The first-order chi connectivity index (χ1) is 15.7. The van der Waals surface area contributed by atoms with Gasteiger partial charge in [-0.2, -0.15) is 4.57 Å². The van der Waals surface area contributed by atoms with Gasteiger partial charge in [-0.3, -0.25) is 0 Å². The molecule has 0 N–H and O–H groups in total. The average molecular weight is 433 g/mol. The molecule has 0 bridgehead atoms. The minimum absolute atomic E-state index is 1.06. The minimum Gasteiger partial charge on any atom is -0.236 e. The smallest absolute Gasteiger partial charge is 0.236 e. The van der Waals surface area contributed by atoms with Crippen LogP contribution in [0.15, 0.2) is 97.1 Å². The van der Waals surface area contributed by atoms with Crippen LogP contribution in [0.1, 0.15) is 5.56 Å². The van der Waals surface area contributed by atoms with Gasteiger partial charge < -0.3 is 0 Å². The summed E-state index contributed by atoms with van der Waals surface area (Å²) >= 11 is 1.75. The highest BCUT2D eigenvalue weighted by atomic mass is 32.1. The number of imidazole rings is 1. The number of para-hydroxylation sites is 3. The molecular formula is C28H22N3S+.